The maximum atomic E-state index is 12.4. The number of carbonyl (C=O) groups excluding carboxylic acids is 2. The number of rotatable bonds is 5. The second-order valence-electron chi connectivity index (χ2n) is 5.08. The molecule has 1 heterocycles. The van der Waals surface area contributed by atoms with Crippen molar-refractivity contribution < 1.29 is 14.3 Å². The molecular weight excluding hydrogens is 288 g/mol. The van der Waals surface area contributed by atoms with Gasteiger partial charge in [-0.1, -0.05) is 6.92 Å². The minimum absolute atomic E-state index is 0.0519. The standard InChI is InChI=1S/C15H20N2O3S/c1-4-9(2)17-14(18)8-13(15(17)19)21-12-6-5-10(16)7-11(12)20-3/h5-7,9,13H,4,8,16H2,1-3H3. The quantitative estimate of drug-likeness (QED) is 0.667. The van der Waals surface area contributed by atoms with Crippen molar-refractivity contribution in [1.29, 1.82) is 0 Å². The highest BCUT2D eigenvalue weighted by atomic mass is 32.2. The van der Waals surface area contributed by atoms with E-state index in [0.29, 0.717) is 11.4 Å². The van der Waals surface area contributed by atoms with Gasteiger partial charge in [-0.05, 0) is 25.5 Å². The lowest BCUT2D eigenvalue weighted by Crippen LogP contribution is -2.38. The summed E-state index contributed by atoms with van der Waals surface area (Å²) in [7, 11) is 1.56. The van der Waals surface area contributed by atoms with Gasteiger partial charge in [0.1, 0.15) is 5.75 Å². The summed E-state index contributed by atoms with van der Waals surface area (Å²) >= 11 is 1.36. The van der Waals surface area contributed by atoms with Crippen LogP contribution in [0.1, 0.15) is 26.7 Å². The molecule has 2 rings (SSSR count). The third kappa shape index (κ3) is 3.15. The van der Waals surface area contributed by atoms with Crippen molar-refractivity contribution >= 4 is 29.3 Å². The van der Waals surface area contributed by atoms with E-state index in [4.69, 9.17) is 10.5 Å². The maximum Gasteiger partial charge on any atom is 0.243 e. The van der Waals surface area contributed by atoms with E-state index in [0.717, 1.165) is 11.3 Å². The fraction of sp³-hybridized carbons (Fsp3) is 0.467. The van der Waals surface area contributed by atoms with Crippen LogP contribution in [0.15, 0.2) is 23.1 Å². The van der Waals surface area contributed by atoms with Crippen LogP contribution >= 0.6 is 11.8 Å². The molecule has 5 nitrogen and oxygen atoms in total. The SMILES string of the molecule is CCC(C)N1C(=O)CC(Sc2ccc(N)cc2OC)C1=O. The highest BCUT2D eigenvalue weighted by Gasteiger charge is 2.41. The predicted octanol–water partition coefficient (Wildman–Crippen LogP) is 2.30. The van der Waals surface area contributed by atoms with E-state index in [-0.39, 0.29) is 29.5 Å². The van der Waals surface area contributed by atoms with Crippen molar-refractivity contribution in [2.24, 2.45) is 0 Å². The number of amides is 2. The number of thioether (sulfide) groups is 1. The smallest absolute Gasteiger partial charge is 0.243 e. The van der Waals surface area contributed by atoms with Gasteiger partial charge in [0.15, 0.2) is 0 Å². The summed E-state index contributed by atoms with van der Waals surface area (Å²) in [5, 5.41) is -0.385. The van der Waals surface area contributed by atoms with Crippen LogP contribution in [-0.4, -0.2) is 35.1 Å². The maximum absolute atomic E-state index is 12.4. The van der Waals surface area contributed by atoms with E-state index >= 15 is 0 Å². The first-order valence-electron chi connectivity index (χ1n) is 6.94. The van der Waals surface area contributed by atoms with Crippen LogP contribution in [0.2, 0.25) is 0 Å². The Bertz CT molecular complexity index is 562. The molecule has 0 bridgehead atoms. The average molecular weight is 308 g/mol. The number of anilines is 1. The van der Waals surface area contributed by atoms with Gasteiger partial charge in [-0.25, -0.2) is 0 Å². The topological polar surface area (TPSA) is 72.6 Å². The predicted molar refractivity (Wildman–Crippen MR) is 83.3 cm³/mol. The van der Waals surface area contributed by atoms with E-state index in [9.17, 15) is 9.59 Å². The van der Waals surface area contributed by atoms with Gasteiger partial charge < -0.3 is 10.5 Å². The Balaban J connectivity index is 2.18. The van der Waals surface area contributed by atoms with Crippen molar-refractivity contribution in [3.8, 4) is 5.75 Å². The van der Waals surface area contributed by atoms with Crippen molar-refractivity contribution in [2.75, 3.05) is 12.8 Å². The summed E-state index contributed by atoms with van der Waals surface area (Å²) in [4.78, 5) is 26.7. The third-order valence-corrected chi connectivity index (χ3v) is 4.87. The summed E-state index contributed by atoms with van der Waals surface area (Å²) < 4.78 is 5.28. The number of likely N-dealkylation sites (tertiary alicyclic amines) is 1. The molecule has 1 saturated heterocycles. The Kier molecular flexibility index (Phi) is 4.77. The van der Waals surface area contributed by atoms with Crippen LogP contribution < -0.4 is 10.5 Å². The van der Waals surface area contributed by atoms with E-state index in [1.165, 1.54) is 16.7 Å². The molecule has 0 saturated carbocycles. The summed E-state index contributed by atoms with van der Waals surface area (Å²) in [6.07, 6.45) is 1.00. The molecule has 114 valence electrons. The molecule has 0 radical (unpaired) electrons. The average Bonchev–Trinajstić information content (AvgIpc) is 2.74. The zero-order valence-corrected chi connectivity index (χ0v) is 13.3. The molecule has 6 heteroatoms. The van der Waals surface area contributed by atoms with E-state index < -0.39 is 0 Å². The highest BCUT2D eigenvalue weighted by molar-refractivity contribution is 8.00. The minimum atomic E-state index is -0.385. The van der Waals surface area contributed by atoms with Gasteiger partial charge in [-0.15, -0.1) is 11.8 Å². The first-order valence-corrected chi connectivity index (χ1v) is 7.82. The Morgan fingerprint density at radius 2 is 2.19 bits per heavy atom. The third-order valence-electron chi connectivity index (χ3n) is 3.63. The van der Waals surface area contributed by atoms with E-state index in [1.54, 1.807) is 19.2 Å². The zero-order valence-electron chi connectivity index (χ0n) is 12.5. The normalized spacial score (nSPS) is 20.0. The van der Waals surface area contributed by atoms with Crippen LogP contribution in [0.3, 0.4) is 0 Å². The lowest BCUT2D eigenvalue weighted by Gasteiger charge is -2.21. The molecule has 2 amide bonds. The summed E-state index contributed by atoms with van der Waals surface area (Å²) in [6, 6.07) is 5.25. The highest BCUT2D eigenvalue weighted by Crippen LogP contribution is 2.38. The number of nitrogen functional groups attached to an aromatic ring is 1. The number of ether oxygens (including phenoxy) is 1. The molecule has 1 fully saturated rings. The molecule has 2 N–H and O–H groups in total. The van der Waals surface area contributed by atoms with Crippen LogP contribution in [0.25, 0.3) is 0 Å². The molecular formula is C15H20N2O3S. The Morgan fingerprint density at radius 1 is 1.48 bits per heavy atom. The first-order chi connectivity index (χ1) is 9.97. The number of imide groups is 1. The lowest BCUT2D eigenvalue weighted by atomic mass is 10.2. The fourth-order valence-corrected chi connectivity index (χ4v) is 3.45. The monoisotopic (exact) mass is 308 g/mol. The van der Waals surface area contributed by atoms with Gasteiger partial charge in [-0.2, -0.15) is 0 Å². The van der Waals surface area contributed by atoms with Gasteiger partial charge >= 0.3 is 0 Å². The summed E-state index contributed by atoms with van der Waals surface area (Å²) in [5.41, 5.74) is 6.32. The van der Waals surface area contributed by atoms with Crippen molar-refractivity contribution in [3.63, 3.8) is 0 Å². The molecule has 0 aromatic heterocycles. The second-order valence-corrected chi connectivity index (χ2v) is 6.32. The van der Waals surface area contributed by atoms with Crippen molar-refractivity contribution in [1.82, 2.24) is 4.90 Å². The molecule has 1 aliphatic heterocycles. The van der Waals surface area contributed by atoms with Gasteiger partial charge in [0.2, 0.25) is 11.8 Å². The van der Waals surface area contributed by atoms with E-state index in [1.807, 2.05) is 19.9 Å². The Morgan fingerprint density at radius 3 is 2.81 bits per heavy atom. The van der Waals surface area contributed by atoms with Crippen molar-refractivity contribution in [2.45, 2.75) is 42.9 Å². The lowest BCUT2D eigenvalue weighted by molar-refractivity contribution is -0.140. The van der Waals surface area contributed by atoms with Gasteiger partial charge in [-0.3, -0.25) is 14.5 Å². The van der Waals surface area contributed by atoms with Gasteiger partial charge in [0.25, 0.3) is 0 Å². The van der Waals surface area contributed by atoms with Crippen LogP contribution in [0.5, 0.6) is 5.75 Å². The molecule has 2 atom stereocenters. The largest absolute Gasteiger partial charge is 0.496 e. The number of hydrogen-bond acceptors (Lipinski definition) is 5. The number of benzene rings is 1. The molecule has 0 aliphatic carbocycles. The molecule has 1 aromatic rings. The van der Waals surface area contributed by atoms with Gasteiger partial charge in [0, 0.05) is 24.2 Å². The number of carbonyl (C=O) groups is 2. The van der Waals surface area contributed by atoms with Crippen molar-refractivity contribution in [3.05, 3.63) is 18.2 Å². The molecule has 1 aromatic carbocycles. The summed E-state index contributed by atoms with van der Waals surface area (Å²) in [5.74, 6) is 0.418. The van der Waals surface area contributed by atoms with Crippen LogP contribution in [0, 0.1) is 0 Å². The number of nitrogens with zero attached hydrogens (tertiary/aromatic N) is 1. The molecule has 1 aliphatic rings. The Hall–Kier alpha value is -1.69. The van der Waals surface area contributed by atoms with E-state index in [2.05, 4.69) is 0 Å². The zero-order chi connectivity index (χ0) is 15.6. The molecule has 21 heavy (non-hydrogen) atoms. The van der Waals surface area contributed by atoms with Crippen LogP contribution in [0.4, 0.5) is 5.69 Å². The van der Waals surface area contributed by atoms with Gasteiger partial charge in [0.05, 0.1) is 17.3 Å². The van der Waals surface area contributed by atoms with Crippen LogP contribution in [-0.2, 0) is 9.59 Å². The molecule has 2 unspecified atom stereocenters. The number of methoxy groups -OCH3 is 1. The second kappa shape index (κ2) is 6.39. The molecule has 0 spiro atoms. The fourth-order valence-electron chi connectivity index (χ4n) is 2.29. The Labute approximate surface area is 128 Å². The first kappa shape index (κ1) is 15.7. The number of nitrogens with two attached hydrogens (primary N) is 1. The summed E-state index contributed by atoms with van der Waals surface area (Å²) in [6.45, 7) is 3.86. The number of hydrogen-bond donors (Lipinski definition) is 1. The minimum Gasteiger partial charge on any atom is -0.496 e.